The van der Waals surface area contributed by atoms with Gasteiger partial charge < -0.3 is 14.7 Å². The van der Waals surface area contributed by atoms with E-state index in [2.05, 4.69) is 0 Å². The number of non-ortho nitro benzene ring substituents is 1. The number of hydrogen-bond donors (Lipinski definition) is 1. The fourth-order valence-electron chi connectivity index (χ4n) is 3.95. The van der Waals surface area contributed by atoms with Gasteiger partial charge in [-0.3, -0.25) is 19.7 Å². The predicted octanol–water partition coefficient (Wildman–Crippen LogP) is 3.20. The molecule has 2 aliphatic heterocycles. The summed E-state index contributed by atoms with van der Waals surface area (Å²) in [6.07, 6.45) is 1.45. The quantitative estimate of drug-likeness (QED) is 0.267. The summed E-state index contributed by atoms with van der Waals surface area (Å²) in [6.45, 7) is 0.804. The molecular weight excluding hydrogens is 388 g/mol. The van der Waals surface area contributed by atoms with Crippen LogP contribution in [-0.4, -0.2) is 45.9 Å². The summed E-state index contributed by atoms with van der Waals surface area (Å²) < 4.78 is 5.64. The number of ether oxygens (including phenoxy) is 1. The van der Waals surface area contributed by atoms with Crippen LogP contribution >= 0.6 is 0 Å². The van der Waals surface area contributed by atoms with Crippen LogP contribution in [0.2, 0.25) is 0 Å². The highest BCUT2D eigenvalue weighted by atomic mass is 16.6. The van der Waals surface area contributed by atoms with Crippen LogP contribution in [0.4, 0.5) is 5.69 Å². The normalized spacial score (nSPS) is 23.1. The van der Waals surface area contributed by atoms with Gasteiger partial charge in [-0.15, -0.1) is 0 Å². The number of carbonyl (C=O) groups is 2. The molecule has 8 heteroatoms. The molecule has 2 aliphatic rings. The van der Waals surface area contributed by atoms with E-state index in [-0.39, 0.29) is 29.7 Å². The van der Waals surface area contributed by atoms with Crippen LogP contribution < -0.4 is 0 Å². The monoisotopic (exact) mass is 408 g/mol. The van der Waals surface area contributed by atoms with Crippen LogP contribution in [-0.2, 0) is 14.3 Å². The molecule has 0 unspecified atom stereocenters. The fraction of sp³-hybridized carbons (Fsp3) is 0.273. The zero-order valence-corrected chi connectivity index (χ0v) is 16.1. The molecule has 4 rings (SSSR count). The second-order valence-corrected chi connectivity index (χ2v) is 7.30. The third-order valence-electron chi connectivity index (χ3n) is 5.43. The summed E-state index contributed by atoms with van der Waals surface area (Å²) in [5.41, 5.74) is 0.797. The lowest BCUT2D eigenvalue weighted by Crippen LogP contribution is -2.36. The number of likely N-dealkylation sites (tertiary alicyclic amines) is 1. The summed E-state index contributed by atoms with van der Waals surface area (Å²) >= 11 is 0. The SMILES string of the molecule is O=C1C(=O)N(C[C@H]2CCCO2)[C@@H](c2ccc([N+](=O)[O-])cc2)/C1=C(\O)c1ccccc1. The molecule has 2 heterocycles. The van der Waals surface area contributed by atoms with Crippen LogP contribution in [0.5, 0.6) is 0 Å². The summed E-state index contributed by atoms with van der Waals surface area (Å²) in [6, 6.07) is 13.3. The highest BCUT2D eigenvalue weighted by Crippen LogP contribution is 2.40. The van der Waals surface area contributed by atoms with E-state index in [0.717, 1.165) is 12.8 Å². The van der Waals surface area contributed by atoms with Gasteiger partial charge in [-0.2, -0.15) is 0 Å². The van der Waals surface area contributed by atoms with Crippen molar-refractivity contribution in [2.24, 2.45) is 0 Å². The summed E-state index contributed by atoms with van der Waals surface area (Å²) in [7, 11) is 0. The Morgan fingerprint density at radius 2 is 1.83 bits per heavy atom. The molecule has 0 aromatic heterocycles. The van der Waals surface area contributed by atoms with E-state index in [0.29, 0.717) is 17.7 Å². The Bertz CT molecular complexity index is 1010. The zero-order chi connectivity index (χ0) is 21.3. The third kappa shape index (κ3) is 3.57. The van der Waals surface area contributed by atoms with Crippen molar-refractivity contribution in [1.29, 1.82) is 0 Å². The first-order valence-corrected chi connectivity index (χ1v) is 9.67. The van der Waals surface area contributed by atoms with E-state index in [1.54, 1.807) is 30.3 Å². The molecule has 154 valence electrons. The summed E-state index contributed by atoms with van der Waals surface area (Å²) in [4.78, 5) is 37.7. The Morgan fingerprint density at radius 3 is 2.43 bits per heavy atom. The molecule has 0 radical (unpaired) electrons. The first kappa shape index (κ1) is 19.8. The maximum absolute atomic E-state index is 12.9. The van der Waals surface area contributed by atoms with E-state index < -0.39 is 22.7 Å². The fourth-order valence-corrected chi connectivity index (χ4v) is 3.95. The minimum absolute atomic E-state index is 0.0296. The van der Waals surface area contributed by atoms with Crippen molar-refractivity contribution in [3.05, 3.63) is 81.4 Å². The molecule has 2 aromatic carbocycles. The molecule has 0 aliphatic carbocycles. The number of nitrogens with zero attached hydrogens (tertiary/aromatic N) is 2. The summed E-state index contributed by atoms with van der Waals surface area (Å²) in [5, 5.41) is 21.9. The number of nitro groups is 1. The smallest absolute Gasteiger partial charge is 0.295 e. The third-order valence-corrected chi connectivity index (χ3v) is 5.43. The maximum atomic E-state index is 12.9. The van der Waals surface area contributed by atoms with Crippen LogP contribution in [0, 0.1) is 10.1 Å². The number of ketones is 1. The van der Waals surface area contributed by atoms with Crippen molar-refractivity contribution in [2.45, 2.75) is 25.0 Å². The van der Waals surface area contributed by atoms with Crippen LogP contribution in [0.1, 0.15) is 30.0 Å². The minimum Gasteiger partial charge on any atom is -0.507 e. The van der Waals surface area contributed by atoms with Crippen molar-refractivity contribution in [2.75, 3.05) is 13.2 Å². The molecular formula is C22H20N2O6. The van der Waals surface area contributed by atoms with E-state index in [4.69, 9.17) is 4.74 Å². The van der Waals surface area contributed by atoms with E-state index >= 15 is 0 Å². The van der Waals surface area contributed by atoms with Gasteiger partial charge in [0, 0.05) is 30.8 Å². The Morgan fingerprint density at radius 1 is 1.13 bits per heavy atom. The lowest BCUT2D eigenvalue weighted by atomic mass is 9.95. The molecule has 30 heavy (non-hydrogen) atoms. The van der Waals surface area contributed by atoms with Gasteiger partial charge >= 0.3 is 0 Å². The van der Waals surface area contributed by atoms with Gasteiger partial charge in [0.25, 0.3) is 17.4 Å². The molecule has 2 aromatic rings. The van der Waals surface area contributed by atoms with Crippen LogP contribution in [0.25, 0.3) is 5.76 Å². The van der Waals surface area contributed by atoms with Crippen molar-refractivity contribution >= 4 is 23.1 Å². The molecule has 2 atom stereocenters. The van der Waals surface area contributed by atoms with Crippen molar-refractivity contribution in [3.8, 4) is 0 Å². The molecule has 2 saturated heterocycles. The average molecular weight is 408 g/mol. The van der Waals surface area contributed by atoms with Gasteiger partial charge in [-0.25, -0.2) is 0 Å². The molecule has 1 amide bonds. The number of rotatable bonds is 5. The topological polar surface area (TPSA) is 110 Å². The lowest BCUT2D eigenvalue weighted by Gasteiger charge is -2.27. The largest absolute Gasteiger partial charge is 0.507 e. The Kier molecular flexibility index (Phi) is 5.33. The maximum Gasteiger partial charge on any atom is 0.295 e. The van der Waals surface area contributed by atoms with Crippen LogP contribution in [0.3, 0.4) is 0 Å². The van der Waals surface area contributed by atoms with Gasteiger partial charge in [-0.1, -0.05) is 30.3 Å². The summed E-state index contributed by atoms with van der Waals surface area (Å²) in [5.74, 6) is -1.77. The predicted molar refractivity (Wildman–Crippen MR) is 108 cm³/mol. The number of benzene rings is 2. The number of hydrogen-bond acceptors (Lipinski definition) is 6. The molecule has 1 N–H and O–H groups in total. The van der Waals surface area contributed by atoms with Crippen molar-refractivity contribution in [3.63, 3.8) is 0 Å². The van der Waals surface area contributed by atoms with Crippen molar-refractivity contribution < 1.29 is 24.4 Å². The van der Waals surface area contributed by atoms with Crippen molar-refractivity contribution in [1.82, 2.24) is 4.90 Å². The average Bonchev–Trinajstić information content (AvgIpc) is 3.36. The number of aliphatic hydroxyl groups is 1. The van der Waals surface area contributed by atoms with Crippen LogP contribution in [0.15, 0.2) is 60.2 Å². The molecule has 0 saturated carbocycles. The van der Waals surface area contributed by atoms with Gasteiger partial charge in [0.1, 0.15) is 5.76 Å². The van der Waals surface area contributed by atoms with Gasteiger partial charge in [-0.05, 0) is 30.5 Å². The second kappa shape index (κ2) is 8.08. The van der Waals surface area contributed by atoms with Gasteiger partial charge in [0.2, 0.25) is 0 Å². The highest BCUT2D eigenvalue weighted by molar-refractivity contribution is 6.46. The molecule has 0 spiro atoms. The number of nitro benzene ring substituents is 1. The molecule has 0 bridgehead atoms. The first-order valence-electron chi connectivity index (χ1n) is 9.67. The van der Waals surface area contributed by atoms with E-state index in [1.807, 2.05) is 0 Å². The molecule has 2 fully saturated rings. The number of aliphatic hydroxyl groups excluding tert-OH is 1. The molecule has 8 nitrogen and oxygen atoms in total. The Hall–Kier alpha value is -3.52. The standard InChI is InChI=1S/C22H20N2O6/c25-20(15-5-2-1-3-6-15)18-19(14-8-10-16(11-9-14)24(28)29)23(22(27)21(18)26)13-17-7-4-12-30-17/h1-3,5-6,8-11,17,19,25H,4,7,12-13H2/b20-18+/t17-,19+/m1/s1. The lowest BCUT2D eigenvalue weighted by molar-refractivity contribution is -0.384. The number of amides is 1. The number of Topliss-reactive ketones (excluding diaryl/α,β-unsaturated/α-hetero) is 1. The second-order valence-electron chi connectivity index (χ2n) is 7.30. The Balaban J connectivity index is 1.81. The zero-order valence-electron chi connectivity index (χ0n) is 16.1. The number of carbonyl (C=O) groups excluding carboxylic acids is 2. The highest BCUT2D eigenvalue weighted by Gasteiger charge is 2.47. The van der Waals surface area contributed by atoms with E-state index in [9.17, 15) is 24.8 Å². The minimum atomic E-state index is -0.852. The van der Waals surface area contributed by atoms with Gasteiger partial charge in [0.05, 0.1) is 22.6 Å². The van der Waals surface area contributed by atoms with Gasteiger partial charge in [0.15, 0.2) is 0 Å². The Labute approximate surface area is 172 Å². The first-order chi connectivity index (χ1) is 14.5. The van der Waals surface area contributed by atoms with E-state index in [1.165, 1.54) is 29.2 Å².